The third kappa shape index (κ3) is 4.33. The minimum atomic E-state index is 0.0543. The molecular formula is C20H32N4O. The number of hydrogen-bond acceptors (Lipinski definition) is 3. The molecule has 5 heteroatoms. The lowest BCUT2D eigenvalue weighted by Crippen LogP contribution is -2.56. The summed E-state index contributed by atoms with van der Waals surface area (Å²) in [6.45, 7) is 7.83. The van der Waals surface area contributed by atoms with Gasteiger partial charge in [0.15, 0.2) is 0 Å². The number of likely N-dealkylation sites (N-methyl/N-ethyl adjacent to an activating group) is 2. The molecule has 0 spiro atoms. The molecule has 2 fully saturated rings. The molecule has 0 unspecified atom stereocenters. The van der Waals surface area contributed by atoms with Crippen LogP contribution in [0.2, 0.25) is 0 Å². The summed E-state index contributed by atoms with van der Waals surface area (Å²) in [5, 5.41) is 3.18. The largest absolute Gasteiger partial charge is 0.336 e. The Morgan fingerprint density at radius 3 is 2.72 bits per heavy atom. The van der Waals surface area contributed by atoms with Crippen molar-refractivity contribution in [2.45, 2.75) is 31.2 Å². The van der Waals surface area contributed by atoms with E-state index < -0.39 is 0 Å². The minimum absolute atomic E-state index is 0.0543. The van der Waals surface area contributed by atoms with E-state index in [1.54, 1.807) is 0 Å². The number of nitrogens with one attached hydrogen (secondary N) is 1. The highest BCUT2D eigenvalue weighted by molar-refractivity contribution is 5.74. The fourth-order valence-corrected chi connectivity index (χ4v) is 4.13. The van der Waals surface area contributed by atoms with Crippen LogP contribution in [0.3, 0.4) is 0 Å². The summed E-state index contributed by atoms with van der Waals surface area (Å²) in [4.78, 5) is 19.4. The predicted octanol–water partition coefficient (Wildman–Crippen LogP) is 2.00. The van der Waals surface area contributed by atoms with E-state index in [0.717, 1.165) is 52.1 Å². The molecule has 25 heavy (non-hydrogen) atoms. The molecule has 2 aliphatic rings. The van der Waals surface area contributed by atoms with Crippen LogP contribution < -0.4 is 5.32 Å². The molecule has 2 aliphatic heterocycles. The number of hydrogen-bond donors (Lipinski definition) is 1. The van der Waals surface area contributed by atoms with E-state index in [-0.39, 0.29) is 11.4 Å². The smallest absolute Gasteiger partial charge is 0.317 e. The zero-order valence-corrected chi connectivity index (χ0v) is 15.9. The maximum atomic E-state index is 12.7. The van der Waals surface area contributed by atoms with Gasteiger partial charge in [-0.2, -0.15) is 0 Å². The first-order chi connectivity index (χ1) is 12.0. The molecule has 5 nitrogen and oxygen atoms in total. The van der Waals surface area contributed by atoms with Gasteiger partial charge in [-0.1, -0.05) is 37.3 Å². The Kier molecular flexibility index (Phi) is 5.64. The number of carbonyl (C=O) groups is 1. The zero-order valence-electron chi connectivity index (χ0n) is 15.9. The van der Waals surface area contributed by atoms with Crippen molar-refractivity contribution in [1.29, 1.82) is 0 Å². The van der Waals surface area contributed by atoms with Crippen LogP contribution in [-0.4, -0.2) is 80.1 Å². The Bertz CT molecular complexity index is 578. The number of carbonyl (C=O) groups excluding carboxylic acids is 1. The molecule has 0 aliphatic carbocycles. The van der Waals surface area contributed by atoms with Crippen LogP contribution in [-0.2, 0) is 5.41 Å². The van der Waals surface area contributed by atoms with Crippen molar-refractivity contribution in [3.05, 3.63) is 35.9 Å². The van der Waals surface area contributed by atoms with E-state index >= 15 is 0 Å². The summed E-state index contributed by atoms with van der Waals surface area (Å²) in [7, 11) is 4.30. The summed E-state index contributed by atoms with van der Waals surface area (Å²) < 4.78 is 0. The Morgan fingerprint density at radius 2 is 1.96 bits per heavy atom. The van der Waals surface area contributed by atoms with Crippen molar-refractivity contribution in [2.75, 3.05) is 53.4 Å². The first-order valence-corrected chi connectivity index (χ1v) is 9.45. The molecule has 0 radical (unpaired) electrons. The lowest BCUT2D eigenvalue weighted by molar-refractivity contribution is 0.109. The zero-order chi connectivity index (χ0) is 17.9. The van der Waals surface area contributed by atoms with E-state index in [2.05, 4.69) is 66.5 Å². The number of likely N-dealkylation sites (tertiary alicyclic amines) is 1. The van der Waals surface area contributed by atoms with Crippen LogP contribution >= 0.6 is 0 Å². The fraction of sp³-hybridized carbons (Fsp3) is 0.650. The molecule has 1 N–H and O–H groups in total. The van der Waals surface area contributed by atoms with Gasteiger partial charge < -0.3 is 15.1 Å². The molecule has 1 aromatic rings. The Balaban J connectivity index is 1.57. The van der Waals surface area contributed by atoms with Gasteiger partial charge in [0.25, 0.3) is 0 Å². The number of rotatable bonds is 3. The van der Waals surface area contributed by atoms with E-state index in [1.807, 2.05) is 4.90 Å². The summed E-state index contributed by atoms with van der Waals surface area (Å²) in [5.74, 6) is 0. The number of piperidine rings is 1. The first-order valence-electron chi connectivity index (χ1n) is 9.45. The highest BCUT2D eigenvalue weighted by Crippen LogP contribution is 2.33. The van der Waals surface area contributed by atoms with Gasteiger partial charge in [-0.15, -0.1) is 0 Å². The summed E-state index contributed by atoms with van der Waals surface area (Å²) in [6.07, 6.45) is 2.20. The lowest BCUT2D eigenvalue weighted by atomic mass is 9.76. The molecular weight excluding hydrogens is 312 g/mol. The fourth-order valence-electron chi connectivity index (χ4n) is 4.13. The van der Waals surface area contributed by atoms with E-state index in [9.17, 15) is 4.79 Å². The number of piperazine rings is 1. The predicted molar refractivity (Wildman–Crippen MR) is 102 cm³/mol. The van der Waals surface area contributed by atoms with E-state index in [4.69, 9.17) is 0 Å². The van der Waals surface area contributed by atoms with Gasteiger partial charge in [0.1, 0.15) is 0 Å². The molecule has 2 heterocycles. The second-order valence-electron chi connectivity index (χ2n) is 8.03. The molecule has 138 valence electrons. The number of amides is 2. The van der Waals surface area contributed by atoms with E-state index in [1.165, 1.54) is 5.56 Å². The third-order valence-electron chi connectivity index (χ3n) is 5.92. The van der Waals surface area contributed by atoms with Gasteiger partial charge in [0.2, 0.25) is 0 Å². The molecule has 2 atom stereocenters. The van der Waals surface area contributed by atoms with Crippen LogP contribution in [0.1, 0.15) is 25.3 Å². The summed E-state index contributed by atoms with van der Waals surface area (Å²) in [5.41, 5.74) is 1.39. The first kappa shape index (κ1) is 18.2. The van der Waals surface area contributed by atoms with Crippen molar-refractivity contribution in [3.63, 3.8) is 0 Å². The maximum Gasteiger partial charge on any atom is 0.317 e. The third-order valence-corrected chi connectivity index (χ3v) is 5.92. The van der Waals surface area contributed by atoms with Crippen molar-refractivity contribution < 1.29 is 4.79 Å². The molecule has 2 amide bonds. The molecule has 0 bridgehead atoms. The topological polar surface area (TPSA) is 38.8 Å². The number of urea groups is 1. The van der Waals surface area contributed by atoms with Gasteiger partial charge in [0.05, 0.1) is 0 Å². The highest BCUT2D eigenvalue weighted by atomic mass is 16.2. The quantitative estimate of drug-likeness (QED) is 0.911. The van der Waals surface area contributed by atoms with Crippen molar-refractivity contribution >= 4 is 6.03 Å². The summed E-state index contributed by atoms with van der Waals surface area (Å²) in [6, 6.07) is 11.1. The van der Waals surface area contributed by atoms with Crippen molar-refractivity contribution in [2.24, 2.45) is 0 Å². The second kappa shape index (κ2) is 7.75. The lowest BCUT2D eigenvalue weighted by Gasteiger charge is -2.42. The molecule has 1 aromatic carbocycles. The van der Waals surface area contributed by atoms with Crippen LogP contribution in [0.25, 0.3) is 0 Å². The molecule has 0 saturated carbocycles. The van der Waals surface area contributed by atoms with Gasteiger partial charge in [0, 0.05) is 50.7 Å². The van der Waals surface area contributed by atoms with Crippen LogP contribution in [0.4, 0.5) is 4.79 Å². The van der Waals surface area contributed by atoms with Crippen LogP contribution in [0, 0.1) is 0 Å². The number of benzene rings is 1. The molecule has 2 saturated heterocycles. The minimum Gasteiger partial charge on any atom is -0.336 e. The SMILES string of the molecule is CN1CCN(C)[C@H](CNC(=O)N2CCC[C@@](C)(c3ccccc3)C2)C1. The average Bonchev–Trinajstić information content (AvgIpc) is 2.63. The van der Waals surface area contributed by atoms with Crippen molar-refractivity contribution in [1.82, 2.24) is 20.0 Å². The summed E-state index contributed by atoms with van der Waals surface area (Å²) >= 11 is 0. The maximum absolute atomic E-state index is 12.7. The Morgan fingerprint density at radius 1 is 1.20 bits per heavy atom. The van der Waals surface area contributed by atoms with Crippen LogP contribution in [0.5, 0.6) is 0 Å². The second-order valence-corrected chi connectivity index (χ2v) is 8.03. The number of nitrogens with zero attached hydrogens (tertiary/aromatic N) is 3. The van der Waals surface area contributed by atoms with E-state index in [0.29, 0.717) is 6.04 Å². The van der Waals surface area contributed by atoms with Gasteiger partial charge >= 0.3 is 6.03 Å². The molecule has 3 rings (SSSR count). The highest BCUT2D eigenvalue weighted by Gasteiger charge is 2.34. The van der Waals surface area contributed by atoms with Crippen LogP contribution in [0.15, 0.2) is 30.3 Å². The van der Waals surface area contributed by atoms with Gasteiger partial charge in [-0.05, 0) is 32.5 Å². The molecule has 0 aromatic heterocycles. The van der Waals surface area contributed by atoms with Crippen molar-refractivity contribution in [3.8, 4) is 0 Å². The Labute approximate surface area is 152 Å². The van der Waals surface area contributed by atoms with Gasteiger partial charge in [-0.3, -0.25) is 4.90 Å². The standard InChI is InChI=1S/C20H32N4O/c1-20(17-8-5-4-6-9-17)10-7-11-24(16-20)19(25)21-14-18-15-22(2)12-13-23(18)3/h4-6,8-9,18H,7,10-16H2,1-3H3,(H,21,25)/t18-,20-/m1/s1. The Hall–Kier alpha value is -1.59. The normalized spacial score (nSPS) is 28.8. The average molecular weight is 345 g/mol. The van der Waals surface area contributed by atoms with Gasteiger partial charge in [-0.25, -0.2) is 4.79 Å². The monoisotopic (exact) mass is 344 g/mol.